The van der Waals surface area contributed by atoms with Gasteiger partial charge in [0.25, 0.3) is 22.2 Å². The minimum Gasteiger partial charge on any atom is -0.497 e. The maximum atomic E-state index is 12.1. The Bertz CT molecular complexity index is 4350. The van der Waals surface area contributed by atoms with Gasteiger partial charge in [0.2, 0.25) is 0 Å². The van der Waals surface area contributed by atoms with E-state index >= 15 is 0 Å². The minimum absolute atomic E-state index is 0.0575. The SMILES string of the molecule is CCC(=O)OC1[C@@H](CC)O[C@@H](n2ccc(=O)[nH]c2=O)[C@H]1OC(=O)CC.CCC(=O)OC1[C@@H](CO)O[C@@H](n2ccc(=O)[nH]c2=O)[C@H]1OC(=O)CC.CC[C@H]1O[C@@H](n2ccc(=O)[nH]c2=O)[C@@H](O)C1O.COc1ccc(C(Cl)(c2ccccc2)c2ccc(OC)cc2)cc1.O=c1ccn([C@@H]2O[C@H](CO)C(O)[C@@H]2O)c(=O)[nH]1. The average Bonchev–Trinajstić information content (AvgIpc) is 1.38. The van der Waals surface area contributed by atoms with Gasteiger partial charge in [-0.1, -0.05) is 96.1 Å². The molecule has 16 atom stereocenters. The zero-order valence-electron chi connectivity index (χ0n) is 59.9. The molecule has 37 heteroatoms. The highest BCUT2D eigenvalue weighted by atomic mass is 35.5. The number of alkyl halides is 1. The van der Waals surface area contributed by atoms with Crippen molar-refractivity contribution in [1.29, 1.82) is 0 Å². The number of rotatable bonds is 21. The molecule has 10 N–H and O–H groups in total. The van der Waals surface area contributed by atoms with E-state index in [1.54, 1.807) is 48.8 Å². The third kappa shape index (κ3) is 20.7. The number of esters is 4. The number of carbonyl (C=O) groups excluding carboxylic acids is 4. The van der Waals surface area contributed by atoms with E-state index in [2.05, 4.69) is 15.0 Å². The molecular weight excluding hydrogens is 1450 g/mol. The lowest BCUT2D eigenvalue weighted by molar-refractivity contribution is -0.168. The lowest BCUT2D eigenvalue weighted by atomic mass is 9.84. The second kappa shape index (κ2) is 39.6. The van der Waals surface area contributed by atoms with Gasteiger partial charge in [0.15, 0.2) is 49.3 Å². The van der Waals surface area contributed by atoms with Gasteiger partial charge in [-0.15, -0.1) is 11.6 Å². The number of hydrogen-bond donors (Lipinski definition) is 10. The summed E-state index contributed by atoms with van der Waals surface area (Å²) in [6, 6.07) is 30.3. The molecule has 0 aliphatic carbocycles. The summed E-state index contributed by atoms with van der Waals surface area (Å²) in [5.74, 6) is -0.517. The molecule has 108 heavy (non-hydrogen) atoms. The highest BCUT2D eigenvalue weighted by Gasteiger charge is 2.52. The molecule has 4 unspecified atom stereocenters. The van der Waals surface area contributed by atoms with Crippen LogP contribution in [0.25, 0.3) is 0 Å². The fourth-order valence-corrected chi connectivity index (χ4v) is 11.9. The number of halogens is 1. The number of benzene rings is 3. The second-order valence-electron chi connectivity index (χ2n) is 24.2. The van der Waals surface area contributed by atoms with Crippen molar-refractivity contribution in [2.45, 2.75) is 183 Å². The largest absolute Gasteiger partial charge is 0.497 e. The summed E-state index contributed by atoms with van der Waals surface area (Å²) in [6.45, 7) is 9.08. The first-order valence-corrected chi connectivity index (χ1v) is 34.6. The van der Waals surface area contributed by atoms with Gasteiger partial charge in [-0.3, -0.25) is 76.6 Å². The van der Waals surface area contributed by atoms with Crippen LogP contribution in [0.5, 0.6) is 11.5 Å². The minimum atomic E-state index is -1.35. The van der Waals surface area contributed by atoms with Crippen molar-refractivity contribution >= 4 is 35.5 Å². The third-order valence-electron chi connectivity index (χ3n) is 17.3. The Balaban J connectivity index is 0.000000190. The highest BCUT2D eigenvalue weighted by molar-refractivity contribution is 6.28. The molecule has 4 fully saturated rings. The molecule has 4 aromatic heterocycles. The Hall–Kier alpha value is -10.2. The fourth-order valence-electron chi connectivity index (χ4n) is 11.5. The molecule has 0 saturated carbocycles. The summed E-state index contributed by atoms with van der Waals surface area (Å²) in [7, 11) is 3.31. The van der Waals surface area contributed by atoms with Crippen molar-refractivity contribution in [3.63, 3.8) is 0 Å². The maximum absolute atomic E-state index is 12.1. The summed E-state index contributed by atoms with van der Waals surface area (Å²) in [4.78, 5) is 146. The first-order valence-electron chi connectivity index (χ1n) is 34.2. The van der Waals surface area contributed by atoms with E-state index in [0.717, 1.165) is 76.9 Å². The second-order valence-corrected chi connectivity index (χ2v) is 24.8. The Morgan fingerprint density at radius 3 is 0.972 bits per heavy atom. The van der Waals surface area contributed by atoms with E-state index in [1.807, 2.05) is 90.8 Å². The van der Waals surface area contributed by atoms with Gasteiger partial charge in [0, 0.05) is 74.7 Å². The van der Waals surface area contributed by atoms with Crippen LogP contribution in [-0.2, 0) is 61.9 Å². The molecule has 0 spiro atoms. The summed E-state index contributed by atoms with van der Waals surface area (Å²) in [5, 5.41) is 57.0. The molecule has 0 radical (unpaired) electrons. The van der Waals surface area contributed by atoms with Crippen LogP contribution in [-0.4, -0.2) is 193 Å². The lowest BCUT2D eigenvalue weighted by Crippen LogP contribution is -2.42. The number of ether oxygens (including phenoxy) is 10. The van der Waals surface area contributed by atoms with Gasteiger partial charge in [-0.25, -0.2) is 19.2 Å². The number of aromatic amines is 4. The third-order valence-corrected chi connectivity index (χ3v) is 17.9. The van der Waals surface area contributed by atoms with Crippen molar-refractivity contribution in [1.82, 2.24) is 38.2 Å². The first kappa shape index (κ1) is 85.0. The molecule has 36 nitrogen and oxygen atoms in total. The zero-order valence-corrected chi connectivity index (χ0v) is 60.6. The van der Waals surface area contributed by atoms with E-state index in [9.17, 15) is 83.1 Å². The van der Waals surface area contributed by atoms with E-state index in [-0.39, 0.29) is 25.7 Å². The fraction of sp³-hybridized carbons (Fsp3) is 0.465. The topological polar surface area (TPSA) is 501 Å². The van der Waals surface area contributed by atoms with Crippen LogP contribution in [0.2, 0.25) is 0 Å². The molecule has 8 heterocycles. The lowest BCUT2D eigenvalue weighted by Gasteiger charge is -2.29. The summed E-state index contributed by atoms with van der Waals surface area (Å²) in [6.07, 6.45) is -9.98. The molecule has 0 bridgehead atoms. The van der Waals surface area contributed by atoms with Crippen LogP contribution in [0.1, 0.15) is 122 Å². The molecule has 0 amide bonds. The molecule has 11 rings (SSSR count). The van der Waals surface area contributed by atoms with Crippen molar-refractivity contribution < 1.29 is 97.2 Å². The summed E-state index contributed by atoms with van der Waals surface area (Å²) >= 11 is 7.22. The van der Waals surface area contributed by atoms with Crippen molar-refractivity contribution in [3.8, 4) is 11.5 Å². The van der Waals surface area contributed by atoms with Gasteiger partial charge in [0.1, 0.15) is 59.1 Å². The van der Waals surface area contributed by atoms with Crippen molar-refractivity contribution in [2.24, 2.45) is 0 Å². The first-order chi connectivity index (χ1) is 51.6. The maximum Gasteiger partial charge on any atom is 0.330 e. The number of aromatic nitrogens is 8. The number of methoxy groups -OCH3 is 2. The van der Waals surface area contributed by atoms with Crippen molar-refractivity contribution in [2.75, 3.05) is 27.4 Å². The number of nitrogens with one attached hydrogen (secondary N) is 4. The molecule has 4 aliphatic rings. The Labute approximate surface area is 618 Å². The molecule has 7 aromatic rings. The van der Waals surface area contributed by atoms with E-state index < -0.39 is 185 Å². The average molecular weight is 1540 g/mol. The predicted molar refractivity (Wildman–Crippen MR) is 379 cm³/mol. The molecule has 3 aromatic carbocycles. The van der Waals surface area contributed by atoms with Crippen LogP contribution in [0, 0.1) is 0 Å². The molecule has 4 saturated heterocycles. The Morgan fingerprint density at radius 1 is 0.389 bits per heavy atom. The van der Waals surface area contributed by atoms with Gasteiger partial charge >= 0.3 is 46.6 Å². The number of aliphatic hydroxyl groups is 6. The number of H-pyrrole nitrogens is 4. The van der Waals surface area contributed by atoms with E-state index in [1.165, 1.54) is 18.6 Å². The predicted octanol–water partition coefficient (Wildman–Crippen LogP) is 0.506. The van der Waals surface area contributed by atoms with E-state index in [4.69, 9.17) is 64.1 Å². The molecule has 4 aliphatic heterocycles. The van der Waals surface area contributed by atoms with Gasteiger partial charge in [-0.05, 0) is 53.8 Å². The molecular formula is C71H87ClN8O28. The quantitative estimate of drug-likeness (QED) is 0.0203. The zero-order chi connectivity index (χ0) is 79.3. The van der Waals surface area contributed by atoms with Crippen LogP contribution >= 0.6 is 11.6 Å². The van der Waals surface area contributed by atoms with Gasteiger partial charge in [-0.2, -0.15) is 0 Å². The normalized spacial score (nSPS) is 24.7. The van der Waals surface area contributed by atoms with Crippen molar-refractivity contribution in [3.05, 3.63) is 228 Å². The number of carbonyl (C=O) groups is 4. The smallest absolute Gasteiger partial charge is 0.330 e. The standard InChI is InChI=1S/C21H19ClO2.C16H22N2O7.C15H20N2O8.C10H14N2O5.C9H12N2O6/c1-23-19-12-8-17(9-13-19)21(22,16-6-4-3-5-7-16)18-10-14-20(24-2)15-11-18;1-4-9-13(24-11(20)5-2)14(25-12(21)6-3)15(23-9)18-8-7-10(19)17-16(18)22;1-3-10(20)24-12-8(7-18)23-14(13(12)25-11(21)4-2)17-6-5-9(19)16-15(17)22;1-2-5-7(14)8(15)9(17-5)12-4-3-6(13)11-10(12)16;12-3-4-6(14)7(15)8(17-4)11-2-1-5(13)10-9(11)16/h3-15H,1-2H3;7-9,13-15H,4-6H2,1-3H3,(H,17,19,22);5-6,8,12-14,18H,3-4,7H2,1-2H3,(H,16,19,22);3-5,7-9,14-15H,2H2,1H3,(H,11,13,16);1-2,4,6-8,12,14-15H,3H2,(H,10,13,16)/t;9-,13?,14+,15-;8-,12?,13+,14-;5-,7?,8+,9-;4-,6?,7+,8-/m.1111/s1. The van der Waals surface area contributed by atoms with Crippen LogP contribution in [0.3, 0.4) is 0 Å². The van der Waals surface area contributed by atoms with Gasteiger partial charge < -0.3 is 78.0 Å². The van der Waals surface area contributed by atoms with Crippen LogP contribution in [0.15, 0.2) is 166 Å². The number of aliphatic hydroxyl groups excluding tert-OH is 6. The monoisotopic (exact) mass is 1530 g/mol. The molecule has 586 valence electrons. The van der Waals surface area contributed by atoms with Gasteiger partial charge in [0.05, 0.1) is 33.5 Å². The summed E-state index contributed by atoms with van der Waals surface area (Å²) in [5.41, 5.74) is -2.18. The Kier molecular flexibility index (Phi) is 31.1. The number of nitrogens with zero attached hydrogens (tertiary/aromatic N) is 4. The van der Waals surface area contributed by atoms with Crippen LogP contribution < -0.4 is 54.5 Å². The van der Waals surface area contributed by atoms with Crippen LogP contribution in [0.4, 0.5) is 0 Å². The summed E-state index contributed by atoms with van der Waals surface area (Å²) < 4.78 is 57.9. The Morgan fingerprint density at radius 2 is 0.676 bits per heavy atom. The highest BCUT2D eigenvalue weighted by Crippen LogP contribution is 2.44. The number of hydrogen-bond acceptors (Lipinski definition) is 28. The van der Waals surface area contributed by atoms with E-state index in [0.29, 0.717) is 12.8 Å².